The number of aromatic nitrogens is 2. The van der Waals surface area contributed by atoms with E-state index < -0.39 is 54.7 Å². The smallest absolute Gasteiger partial charge is 0.371 e. The molecule has 9 N–H and O–H groups in total. The van der Waals surface area contributed by atoms with E-state index >= 15 is 0 Å². The Morgan fingerprint density at radius 2 is 1.97 bits per heavy atom. The lowest BCUT2D eigenvalue weighted by Gasteiger charge is -2.22. The molecular formula is C13H23N6O12P3. The number of hydrogen-bond acceptors (Lipinski definition) is 13. The number of hydrogen-bond donors (Lipinski definition) is 7. The summed E-state index contributed by atoms with van der Waals surface area (Å²) in [6.07, 6.45) is -0.156. The molecule has 1 saturated heterocycles. The highest BCUT2D eigenvalue weighted by atomic mass is 31.3. The monoisotopic (exact) mass is 548 g/mol. The third-order valence-electron chi connectivity index (χ3n) is 4.36. The summed E-state index contributed by atoms with van der Waals surface area (Å²) in [4.78, 5) is 44.3. The van der Waals surface area contributed by atoms with Gasteiger partial charge in [-0.1, -0.05) is 6.08 Å². The highest BCUT2D eigenvalue weighted by molar-refractivity contribution is 7.66. The summed E-state index contributed by atoms with van der Waals surface area (Å²) >= 11 is 0. The number of imidazole rings is 1. The molecule has 18 nitrogen and oxygen atoms in total. The van der Waals surface area contributed by atoms with Crippen LogP contribution in [-0.2, 0) is 36.3 Å². The van der Waals surface area contributed by atoms with Crippen molar-refractivity contribution in [1.82, 2.24) is 9.55 Å². The molecule has 0 spiro atoms. The second-order valence-corrected chi connectivity index (χ2v) is 11.3. The first-order chi connectivity index (χ1) is 15.7. The molecular weight excluding hydrogens is 525 g/mol. The molecule has 192 valence electrons. The van der Waals surface area contributed by atoms with Crippen molar-refractivity contribution in [1.29, 1.82) is 0 Å². The Balaban J connectivity index is 1.70. The van der Waals surface area contributed by atoms with Crippen LogP contribution in [0.15, 0.2) is 24.0 Å². The Morgan fingerprint density at radius 1 is 1.26 bits per heavy atom. The van der Waals surface area contributed by atoms with Gasteiger partial charge in [0, 0.05) is 6.42 Å². The average Bonchev–Trinajstić information content (AvgIpc) is 3.25. The first kappa shape index (κ1) is 27.1. The molecule has 0 aliphatic carbocycles. The first-order valence-corrected chi connectivity index (χ1v) is 13.8. The number of aliphatic imine (C=N–C) groups is 1. The highest BCUT2D eigenvalue weighted by Crippen LogP contribution is 2.66. The van der Waals surface area contributed by atoms with Gasteiger partial charge in [0.25, 0.3) is 0 Å². The van der Waals surface area contributed by atoms with Crippen molar-refractivity contribution in [2.45, 2.75) is 31.0 Å². The van der Waals surface area contributed by atoms with Gasteiger partial charge < -0.3 is 45.8 Å². The molecule has 21 heteroatoms. The van der Waals surface area contributed by atoms with Crippen molar-refractivity contribution < 1.29 is 55.9 Å². The van der Waals surface area contributed by atoms with Crippen LogP contribution in [0.2, 0.25) is 0 Å². The van der Waals surface area contributed by atoms with Gasteiger partial charge in [0.2, 0.25) is 0 Å². The number of nitrogens with one attached hydrogen (secondary N) is 1. The second-order valence-electron chi connectivity index (χ2n) is 6.88. The number of nitrogens with zero attached hydrogens (tertiary/aromatic N) is 3. The SMILES string of the molecule is C=CCO[C@@H]1C[C@H](n2cnc3c2NC(N)=NC3N)O[C@@H]1COP(=O)(O)OP(=O)(O)OP(=O)(O)O. The van der Waals surface area contributed by atoms with E-state index in [4.69, 9.17) is 30.7 Å². The lowest BCUT2D eigenvalue weighted by Crippen LogP contribution is -2.32. The molecule has 3 unspecified atom stereocenters. The van der Waals surface area contributed by atoms with E-state index in [9.17, 15) is 23.5 Å². The van der Waals surface area contributed by atoms with E-state index in [1.807, 2.05) is 0 Å². The van der Waals surface area contributed by atoms with Gasteiger partial charge in [-0.3, -0.25) is 9.09 Å². The molecule has 1 aromatic rings. The van der Waals surface area contributed by atoms with Crippen LogP contribution in [-0.4, -0.2) is 60.5 Å². The van der Waals surface area contributed by atoms with Gasteiger partial charge in [-0.05, 0) is 0 Å². The third-order valence-corrected chi connectivity index (χ3v) is 8.17. The summed E-state index contributed by atoms with van der Waals surface area (Å²) in [5.74, 6) is 0.476. The Morgan fingerprint density at radius 3 is 2.62 bits per heavy atom. The predicted molar refractivity (Wildman–Crippen MR) is 113 cm³/mol. The van der Waals surface area contributed by atoms with Crippen molar-refractivity contribution >= 4 is 35.2 Å². The van der Waals surface area contributed by atoms with Gasteiger partial charge in [0.15, 0.2) is 5.96 Å². The Labute approximate surface area is 192 Å². The number of phosphoric acid groups is 3. The molecule has 1 aromatic heterocycles. The average molecular weight is 548 g/mol. The topological polar surface area (TPSA) is 273 Å². The molecule has 2 aliphatic rings. The van der Waals surface area contributed by atoms with Crippen LogP contribution in [0, 0.1) is 0 Å². The molecule has 0 saturated carbocycles. The van der Waals surface area contributed by atoms with Crippen molar-refractivity contribution in [2.24, 2.45) is 16.5 Å². The van der Waals surface area contributed by atoms with Crippen LogP contribution < -0.4 is 16.8 Å². The van der Waals surface area contributed by atoms with Crippen molar-refractivity contribution in [3.05, 3.63) is 24.7 Å². The Kier molecular flexibility index (Phi) is 8.17. The fraction of sp³-hybridized carbons (Fsp3) is 0.538. The van der Waals surface area contributed by atoms with Crippen molar-refractivity contribution in [3.63, 3.8) is 0 Å². The minimum absolute atomic E-state index is 0.0587. The van der Waals surface area contributed by atoms with Gasteiger partial charge in [-0.25, -0.2) is 23.7 Å². The maximum absolute atomic E-state index is 12.0. The largest absolute Gasteiger partial charge is 0.490 e. The minimum atomic E-state index is -5.65. The molecule has 34 heavy (non-hydrogen) atoms. The summed E-state index contributed by atoms with van der Waals surface area (Å²) < 4.78 is 59.3. The number of rotatable bonds is 11. The summed E-state index contributed by atoms with van der Waals surface area (Å²) in [7, 11) is -16.5. The van der Waals surface area contributed by atoms with Gasteiger partial charge in [0.05, 0.1) is 25.6 Å². The summed E-state index contributed by atoms with van der Waals surface area (Å²) in [5.41, 5.74) is 12.0. The van der Waals surface area contributed by atoms with Gasteiger partial charge in [-0.2, -0.15) is 8.62 Å². The fourth-order valence-corrected chi connectivity index (χ4v) is 6.19. The first-order valence-electron chi connectivity index (χ1n) is 9.28. The second kappa shape index (κ2) is 10.2. The molecule has 6 atom stereocenters. The number of fused-ring (bicyclic) bond motifs is 1. The molecule has 0 amide bonds. The highest BCUT2D eigenvalue weighted by Gasteiger charge is 2.44. The van der Waals surface area contributed by atoms with E-state index in [0.29, 0.717) is 11.5 Å². The number of ether oxygens (including phenoxy) is 2. The zero-order chi connectivity index (χ0) is 25.3. The third kappa shape index (κ3) is 7.02. The standard InChI is InChI=1S/C13H23N6O12P3/c1-2-3-27-7-4-9(19-6-16-10-11(14)17-13(15)18-12(10)19)29-8(7)5-28-33(23,24)31-34(25,26)30-32(20,21)22/h2,6-9,11H,1,3-5,14H2,(H,23,24)(H,25,26)(H3,15,17,18)(H2,20,21,22)/t7-,8-,9-,11?/m1/s1. The van der Waals surface area contributed by atoms with Crippen LogP contribution in [0.4, 0.5) is 5.82 Å². The van der Waals surface area contributed by atoms with Crippen LogP contribution in [0.1, 0.15) is 24.5 Å². The number of phosphoric ester groups is 1. The zero-order valence-electron chi connectivity index (χ0n) is 17.2. The van der Waals surface area contributed by atoms with E-state index in [1.54, 1.807) is 4.57 Å². The normalized spacial score (nSPS) is 28.3. The van der Waals surface area contributed by atoms with Crippen molar-refractivity contribution in [2.75, 3.05) is 18.5 Å². The van der Waals surface area contributed by atoms with E-state index in [1.165, 1.54) is 12.4 Å². The maximum atomic E-state index is 12.0. The van der Waals surface area contributed by atoms with Crippen LogP contribution in [0.5, 0.6) is 0 Å². The quantitative estimate of drug-likeness (QED) is 0.139. The maximum Gasteiger partial charge on any atom is 0.490 e. The van der Waals surface area contributed by atoms with Crippen LogP contribution >= 0.6 is 23.5 Å². The minimum Gasteiger partial charge on any atom is -0.371 e. The summed E-state index contributed by atoms with van der Waals surface area (Å²) in [6.45, 7) is 2.95. The fourth-order valence-electron chi connectivity index (χ4n) is 3.16. The van der Waals surface area contributed by atoms with E-state index in [2.05, 4.69) is 35.0 Å². The lowest BCUT2D eigenvalue weighted by atomic mass is 10.2. The molecule has 0 bridgehead atoms. The molecule has 0 radical (unpaired) electrons. The predicted octanol–water partition coefficient (Wildman–Crippen LogP) is -0.217. The van der Waals surface area contributed by atoms with Gasteiger partial charge in [-0.15, -0.1) is 6.58 Å². The molecule has 3 heterocycles. The van der Waals surface area contributed by atoms with Crippen LogP contribution in [0.25, 0.3) is 0 Å². The number of anilines is 1. The Hall–Kier alpha value is -1.49. The van der Waals surface area contributed by atoms with Crippen LogP contribution in [0.3, 0.4) is 0 Å². The molecule has 1 fully saturated rings. The van der Waals surface area contributed by atoms with E-state index in [0.717, 1.165) is 0 Å². The number of nitrogens with two attached hydrogens (primary N) is 2. The summed E-state index contributed by atoms with van der Waals surface area (Å²) in [6, 6.07) is 0. The van der Waals surface area contributed by atoms with Crippen molar-refractivity contribution in [3.8, 4) is 0 Å². The lowest BCUT2D eigenvalue weighted by molar-refractivity contribution is -0.0554. The Bertz CT molecular complexity index is 1090. The molecule has 2 aliphatic heterocycles. The number of guanidine groups is 1. The molecule has 3 rings (SSSR count). The molecule has 0 aromatic carbocycles. The zero-order valence-corrected chi connectivity index (χ0v) is 19.9. The van der Waals surface area contributed by atoms with Gasteiger partial charge in [0.1, 0.15) is 30.0 Å². The summed E-state index contributed by atoms with van der Waals surface area (Å²) in [5, 5.41) is 2.83. The van der Waals surface area contributed by atoms with E-state index in [-0.39, 0.29) is 19.0 Å². The van der Waals surface area contributed by atoms with Gasteiger partial charge >= 0.3 is 23.5 Å².